The molecule has 0 atom stereocenters. The van der Waals surface area contributed by atoms with Crippen molar-refractivity contribution in [1.29, 1.82) is 0 Å². The third kappa shape index (κ3) is 2.05. The zero-order chi connectivity index (χ0) is 14.6. The van der Waals surface area contributed by atoms with E-state index in [4.69, 9.17) is 5.73 Å². The fraction of sp³-hybridized carbons (Fsp3) is 0.750. The molecule has 0 aliphatic heterocycles. The summed E-state index contributed by atoms with van der Waals surface area (Å²) >= 11 is 0. The predicted octanol–water partition coefficient (Wildman–Crippen LogP) is 2.25. The fourth-order valence-corrected chi connectivity index (χ4v) is 5.39. The minimum absolute atomic E-state index is 0.0175. The maximum Gasteiger partial charge on any atom is 0.274 e. The second-order valence-corrected chi connectivity index (χ2v) is 7.47. The molecule has 1 aromatic heterocycles. The molecule has 1 heterocycles. The molecule has 4 aliphatic rings. The molecule has 0 spiro atoms. The molecule has 0 saturated heterocycles. The van der Waals surface area contributed by atoms with Crippen LogP contribution in [0.1, 0.15) is 61.6 Å². The topological polar surface area (TPSA) is 83.8 Å². The first-order valence-corrected chi connectivity index (χ1v) is 8.24. The number of aromatic amines is 1. The molecule has 4 fully saturated rings. The molecule has 0 radical (unpaired) electrons. The molecular weight excluding hydrogens is 264 g/mol. The molecule has 114 valence electrons. The number of carbonyl (C=O) groups excluding carboxylic acids is 1. The van der Waals surface area contributed by atoms with Gasteiger partial charge >= 0.3 is 0 Å². The van der Waals surface area contributed by atoms with Gasteiger partial charge in [0, 0.05) is 5.54 Å². The lowest BCUT2D eigenvalue weighted by Gasteiger charge is -2.56. The maximum atomic E-state index is 12.6. The highest BCUT2D eigenvalue weighted by molar-refractivity contribution is 5.98. The standard InChI is InChI=1S/C16H24N4O/c1-2-12-13(17)14(20-19-12)15(21)18-16-6-9-3-10(7-16)5-11(4-9)8-16/h9-11H,2-8,17H2,1H3,(H,18,21)(H,19,20). The summed E-state index contributed by atoms with van der Waals surface area (Å²) in [6.45, 7) is 2.00. The van der Waals surface area contributed by atoms with Crippen LogP contribution < -0.4 is 11.1 Å². The summed E-state index contributed by atoms with van der Waals surface area (Å²) in [5, 5.41) is 10.3. The zero-order valence-corrected chi connectivity index (χ0v) is 12.6. The van der Waals surface area contributed by atoms with Crippen molar-refractivity contribution >= 4 is 11.6 Å². The number of nitrogen functional groups attached to an aromatic ring is 1. The van der Waals surface area contributed by atoms with Crippen molar-refractivity contribution in [3.05, 3.63) is 11.4 Å². The van der Waals surface area contributed by atoms with Gasteiger partial charge in [-0.05, 0) is 62.7 Å². The van der Waals surface area contributed by atoms with Gasteiger partial charge in [0.15, 0.2) is 5.69 Å². The minimum atomic E-state index is -0.0922. The number of H-pyrrole nitrogens is 1. The van der Waals surface area contributed by atoms with E-state index in [9.17, 15) is 4.79 Å². The van der Waals surface area contributed by atoms with E-state index < -0.39 is 0 Å². The van der Waals surface area contributed by atoms with Crippen LogP contribution in [0.25, 0.3) is 0 Å². The lowest BCUT2D eigenvalue weighted by Crippen LogP contribution is -2.59. The Balaban J connectivity index is 1.55. The summed E-state index contributed by atoms with van der Waals surface area (Å²) in [6, 6.07) is 0. The number of hydrogen-bond donors (Lipinski definition) is 3. The van der Waals surface area contributed by atoms with Crippen molar-refractivity contribution in [3.8, 4) is 0 Å². The Kier molecular flexibility index (Phi) is 2.81. The Morgan fingerprint density at radius 3 is 2.33 bits per heavy atom. The number of aromatic nitrogens is 2. The molecule has 5 heteroatoms. The van der Waals surface area contributed by atoms with Crippen LogP contribution in [-0.2, 0) is 6.42 Å². The largest absolute Gasteiger partial charge is 0.395 e. The van der Waals surface area contributed by atoms with Crippen LogP contribution in [0.5, 0.6) is 0 Å². The first-order valence-electron chi connectivity index (χ1n) is 8.24. The SMILES string of the molecule is CCc1[nH]nc(C(=O)NC23CC4CC(CC(C4)C2)C3)c1N. The van der Waals surface area contributed by atoms with Gasteiger partial charge < -0.3 is 11.1 Å². The molecule has 4 N–H and O–H groups in total. The van der Waals surface area contributed by atoms with E-state index >= 15 is 0 Å². The molecule has 0 unspecified atom stereocenters. The van der Waals surface area contributed by atoms with Crippen molar-refractivity contribution in [1.82, 2.24) is 15.5 Å². The van der Waals surface area contributed by atoms with Crippen molar-refractivity contribution in [2.45, 2.75) is 57.4 Å². The Labute approximate surface area is 125 Å². The normalized spacial score (nSPS) is 36.9. The Morgan fingerprint density at radius 2 is 1.86 bits per heavy atom. The Bertz CT molecular complexity index is 542. The number of carbonyl (C=O) groups is 1. The van der Waals surface area contributed by atoms with Crippen molar-refractivity contribution < 1.29 is 4.79 Å². The fourth-order valence-electron chi connectivity index (χ4n) is 5.39. The van der Waals surface area contributed by atoms with Gasteiger partial charge in [-0.3, -0.25) is 9.89 Å². The number of amides is 1. The Morgan fingerprint density at radius 1 is 1.29 bits per heavy atom. The molecule has 4 saturated carbocycles. The van der Waals surface area contributed by atoms with Gasteiger partial charge in [-0.15, -0.1) is 0 Å². The highest BCUT2D eigenvalue weighted by Gasteiger charge is 2.51. The van der Waals surface area contributed by atoms with E-state index in [0.29, 0.717) is 11.4 Å². The van der Waals surface area contributed by atoms with Gasteiger partial charge in [0.05, 0.1) is 11.4 Å². The quantitative estimate of drug-likeness (QED) is 0.797. The van der Waals surface area contributed by atoms with Crippen LogP contribution in [0.15, 0.2) is 0 Å². The number of rotatable bonds is 3. The lowest BCUT2D eigenvalue weighted by molar-refractivity contribution is -0.0167. The highest BCUT2D eigenvalue weighted by atomic mass is 16.2. The molecular formula is C16H24N4O. The second kappa shape index (κ2) is 4.49. The number of aryl methyl sites for hydroxylation is 1. The third-order valence-corrected chi connectivity index (χ3v) is 5.87. The summed E-state index contributed by atoms with van der Waals surface area (Å²) in [4.78, 5) is 12.6. The maximum absolute atomic E-state index is 12.6. The molecule has 5 rings (SSSR count). The number of hydrogen-bond acceptors (Lipinski definition) is 3. The predicted molar refractivity (Wildman–Crippen MR) is 80.7 cm³/mol. The number of nitrogens with one attached hydrogen (secondary N) is 2. The van der Waals surface area contributed by atoms with E-state index in [-0.39, 0.29) is 11.4 Å². The average Bonchev–Trinajstić information content (AvgIpc) is 2.77. The van der Waals surface area contributed by atoms with E-state index in [0.717, 1.165) is 49.1 Å². The van der Waals surface area contributed by atoms with Crippen LogP contribution in [-0.4, -0.2) is 21.6 Å². The van der Waals surface area contributed by atoms with Crippen molar-refractivity contribution in [2.24, 2.45) is 17.8 Å². The van der Waals surface area contributed by atoms with Crippen LogP contribution in [0.2, 0.25) is 0 Å². The number of nitrogens with two attached hydrogens (primary N) is 1. The van der Waals surface area contributed by atoms with Gasteiger partial charge in [-0.25, -0.2) is 0 Å². The van der Waals surface area contributed by atoms with Crippen LogP contribution in [0.4, 0.5) is 5.69 Å². The van der Waals surface area contributed by atoms with E-state index in [1.807, 2.05) is 6.92 Å². The third-order valence-electron chi connectivity index (χ3n) is 5.87. The smallest absolute Gasteiger partial charge is 0.274 e. The van der Waals surface area contributed by atoms with Gasteiger partial charge in [-0.1, -0.05) is 6.92 Å². The molecule has 5 nitrogen and oxygen atoms in total. The highest BCUT2D eigenvalue weighted by Crippen LogP contribution is 2.55. The van der Waals surface area contributed by atoms with Crippen LogP contribution in [0, 0.1) is 17.8 Å². The van der Waals surface area contributed by atoms with E-state index in [2.05, 4.69) is 15.5 Å². The first kappa shape index (κ1) is 13.2. The van der Waals surface area contributed by atoms with E-state index in [1.165, 1.54) is 19.3 Å². The van der Waals surface area contributed by atoms with Gasteiger partial charge in [-0.2, -0.15) is 5.10 Å². The van der Waals surface area contributed by atoms with Crippen LogP contribution >= 0.6 is 0 Å². The number of anilines is 1. The molecule has 0 aromatic carbocycles. The summed E-state index contributed by atoms with van der Waals surface area (Å²) in [7, 11) is 0. The van der Waals surface area contributed by atoms with E-state index in [1.54, 1.807) is 0 Å². The molecule has 21 heavy (non-hydrogen) atoms. The van der Waals surface area contributed by atoms with Gasteiger partial charge in [0.2, 0.25) is 0 Å². The molecule has 1 amide bonds. The van der Waals surface area contributed by atoms with Crippen molar-refractivity contribution in [3.63, 3.8) is 0 Å². The summed E-state index contributed by atoms with van der Waals surface area (Å²) in [5.41, 5.74) is 7.79. The zero-order valence-electron chi connectivity index (χ0n) is 12.6. The second-order valence-electron chi connectivity index (χ2n) is 7.47. The number of nitrogens with zero attached hydrogens (tertiary/aromatic N) is 1. The summed E-state index contributed by atoms with van der Waals surface area (Å²) in [5.74, 6) is 2.36. The van der Waals surface area contributed by atoms with Crippen molar-refractivity contribution in [2.75, 3.05) is 5.73 Å². The first-order chi connectivity index (χ1) is 10.1. The van der Waals surface area contributed by atoms with Crippen LogP contribution in [0.3, 0.4) is 0 Å². The molecule has 4 aliphatic carbocycles. The van der Waals surface area contributed by atoms with Gasteiger partial charge in [0.25, 0.3) is 5.91 Å². The molecule has 1 aromatic rings. The Hall–Kier alpha value is -1.52. The summed E-state index contributed by atoms with van der Waals surface area (Å²) in [6.07, 6.45) is 8.34. The monoisotopic (exact) mass is 288 g/mol. The molecule has 4 bridgehead atoms. The lowest BCUT2D eigenvalue weighted by atomic mass is 9.53. The van der Waals surface area contributed by atoms with Gasteiger partial charge in [0.1, 0.15) is 0 Å². The minimum Gasteiger partial charge on any atom is -0.395 e. The average molecular weight is 288 g/mol. The summed E-state index contributed by atoms with van der Waals surface area (Å²) < 4.78 is 0.